The lowest BCUT2D eigenvalue weighted by Crippen LogP contribution is -2.44. The zero-order valence-corrected chi connectivity index (χ0v) is 13.8. The molecule has 1 aromatic carbocycles. The molecule has 0 aromatic heterocycles. The smallest absolute Gasteiger partial charge is 0.338 e. The van der Waals surface area contributed by atoms with Gasteiger partial charge in [-0.3, -0.25) is 4.79 Å². The summed E-state index contributed by atoms with van der Waals surface area (Å²) in [5.74, 6) is -1.70. The van der Waals surface area contributed by atoms with Crippen LogP contribution in [0.4, 0.5) is 4.39 Å². The van der Waals surface area contributed by atoms with Gasteiger partial charge in [-0.05, 0) is 37.5 Å². The van der Waals surface area contributed by atoms with Crippen molar-refractivity contribution in [2.24, 2.45) is 0 Å². The van der Waals surface area contributed by atoms with E-state index in [4.69, 9.17) is 4.74 Å². The van der Waals surface area contributed by atoms with E-state index in [1.54, 1.807) is 4.90 Å². The lowest BCUT2D eigenvalue weighted by molar-refractivity contribution is -0.137. The van der Waals surface area contributed by atoms with Crippen molar-refractivity contribution in [2.45, 2.75) is 31.3 Å². The summed E-state index contributed by atoms with van der Waals surface area (Å²) in [7, 11) is -3.10. The lowest BCUT2D eigenvalue weighted by atomic mass is 10.2. The molecule has 24 heavy (non-hydrogen) atoms. The summed E-state index contributed by atoms with van der Waals surface area (Å²) in [5, 5.41) is 0. The molecule has 6 nitrogen and oxygen atoms in total. The molecule has 8 heteroatoms. The van der Waals surface area contributed by atoms with Gasteiger partial charge < -0.3 is 9.64 Å². The first kappa shape index (κ1) is 16.9. The Labute approximate surface area is 139 Å². The van der Waals surface area contributed by atoms with Crippen LogP contribution in [0, 0.1) is 5.82 Å². The molecule has 0 bridgehead atoms. The number of rotatable bonds is 5. The van der Waals surface area contributed by atoms with Crippen molar-refractivity contribution in [3.63, 3.8) is 0 Å². The first-order valence-corrected chi connectivity index (χ1v) is 9.62. The van der Waals surface area contributed by atoms with E-state index in [9.17, 15) is 22.4 Å². The molecule has 1 atom stereocenters. The number of hydrogen-bond donors (Lipinski definition) is 0. The van der Waals surface area contributed by atoms with Gasteiger partial charge in [-0.25, -0.2) is 17.6 Å². The minimum absolute atomic E-state index is 0.0312. The number of ether oxygens (including phenoxy) is 1. The molecule has 2 fully saturated rings. The van der Waals surface area contributed by atoms with Crippen LogP contribution in [0.15, 0.2) is 24.3 Å². The highest BCUT2D eigenvalue weighted by Gasteiger charge is 2.42. The fourth-order valence-corrected chi connectivity index (χ4v) is 4.66. The van der Waals surface area contributed by atoms with Gasteiger partial charge in [0.1, 0.15) is 5.82 Å². The van der Waals surface area contributed by atoms with Crippen LogP contribution in [0.1, 0.15) is 29.6 Å². The average molecular weight is 355 g/mol. The molecule has 1 heterocycles. The number of carbonyl (C=O) groups is 2. The zero-order chi connectivity index (χ0) is 17.3. The summed E-state index contributed by atoms with van der Waals surface area (Å²) in [5.41, 5.74) is 0.0317. The Bertz CT molecular complexity index is 759. The maximum atomic E-state index is 13.1. The van der Waals surface area contributed by atoms with Gasteiger partial charge in [-0.2, -0.15) is 0 Å². The van der Waals surface area contributed by atoms with Crippen LogP contribution in [0.3, 0.4) is 0 Å². The number of hydrogen-bond acceptors (Lipinski definition) is 5. The molecule has 0 spiro atoms. The lowest BCUT2D eigenvalue weighted by Gasteiger charge is -2.28. The van der Waals surface area contributed by atoms with Gasteiger partial charge in [-0.1, -0.05) is 6.07 Å². The second kappa shape index (κ2) is 6.51. The molecule has 0 radical (unpaired) electrons. The van der Waals surface area contributed by atoms with Crippen LogP contribution >= 0.6 is 0 Å². The van der Waals surface area contributed by atoms with Crippen LogP contribution in [0.5, 0.6) is 0 Å². The van der Waals surface area contributed by atoms with Crippen molar-refractivity contribution in [3.05, 3.63) is 35.6 Å². The highest BCUT2D eigenvalue weighted by molar-refractivity contribution is 7.91. The molecule has 0 N–H and O–H groups in total. The third kappa shape index (κ3) is 3.92. The molecule has 0 unspecified atom stereocenters. The molecular weight excluding hydrogens is 337 g/mol. The van der Waals surface area contributed by atoms with Gasteiger partial charge in [0, 0.05) is 12.1 Å². The largest absolute Gasteiger partial charge is 0.452 e. The van der Waals surface area contributed by atoms with Gasteiger partial charge in [0.2, 0.25) is 0 Å². The first-order chi connectivity index (χ1) is 11.4. The number of nitrogens with zero attached hydrogens (tertiary/aromatic N) is 1. The number of carbonyl (C=O) groups excluding carboxylic acids is 2. The van der Waals surface area contributed by atoms with Crippen molar-refractivity contribution >= 4 is 21.7 Å². The van der Waals surface area contributed by atoms with Gasteiger partial charge in [0.25, 0.3) is 5.91 Å². The molecule has 3 rings (SSSR count). The quantitative estimate of drug-likeness (QED) is 0.741. The Hall–Kier alpha value is -1.96. The van der Waals surface area contributed by atoms with E-state index in [0.717, 1.165) is 18.9 Å². The van der Waals surface area contributed by atoms with Crippen LogP contribution in [-0.4, -0.2) is 55.4 Å². The summed E-state index contributed by atoms with van der Waals surface area (Å²) in [6.45, 7) is -0.470. The van der Waals surface area contributed by atoms with Crippen LogP contribution in [0.25, 0.3) is 0 Å². The van der Waals surface area contributed by atoms with Gasteiger partial charge >= 0.3 is 5.97 Å². The summed E-state index contributed by atoms with van der Waals surface area (Å²) < 4.78 is 41.3. The first-order valence-electron chi connectivity index (χ1n) is 7.80. The minimum Gasteiger partial charge on any atom is -0.452 e. The maximum absolute atomic E-state index is 13.1. The zero-order valence-electron chi connectivity index (χ0n) is 13.0. The van der Waals surface area contributed by atoms with Gasteiger partial charge in [-0.15, -0.1) is 0 Å². The van der Waals surface area contributed by atoms with E-state index in [1.807, 2.05) is 0 Å². The Morgan fingerprint density at radius 1 is 1.21 bits per heavy atom. The molecule has 130 valence electrons. The normalized spacial score (nSPS) is 22.1. The maximum Gasteiger partial charge on any atom is 0.338 e. The number of amides is 1. The van der Waals surface area contributed by atoms with E-state index in [-0.39, 0.29) is 29.2 Å². The van der Waals surface area contributed by atoms with Crippen LogP contribution < -0.4 is 0 Å². The molecule has 1 saturated carbocycles. The minimum atomic E-state index is -3.10. The fraction of sp³-hybridized carbons (Fsp3) is 0.500. The highest BCUT2D eigenvalue weighted by atomic mass is 32.2. The second-order valence-corrected chi connectivity index (χ2v) is 8.40. The summed E-state index contributed by atoms with van der Waals surface area (Å²) in [4.78, 5) is 25.8. The number of benzene rings is 1. The fourth-order valence-electron chi connectivity index (χ4n) is 2.95. The highest BCUT2D eigenvalue weighted by Crippen LogP contribution is 2.32. The molecular formula is C16H18FNO5S. The number of esters is 1. The third-order valence-corrected chi connectivity index (χ3v) is 5.97. The second-order valence-electron chi connectivity index (χ2n) is 6.18. The molecule has 2 aliphatic rings. The van der Waals surface area contributed by atoms with Crippen molar-refractivity contribution in [2.75, 3.05) is 18.1 Å². The van der Waals surface area contributed by atoms with E-state index >= 15 is 0 Å². The molecule has 1 aliphatic heterocycles. The van der Waals surface area contributed by atoms with Crippen molar-refractivity contribution < 1.29 is 27.1 Å². The van der Waals surface area contributed by atoms with E-state index in [1.165, 1.54) is 18.2 Å². The van der Waals surface area contributed by atoms with Gasteiger partial charge in [0.05, 0.1) is 17.1 Å². The Balaban J connectivity index is 1.61. The van der Waals surface area contributed by atoms with Gasteiger partial charge in [0.15, 0.2) is 16.4 Å². The molecule has 1 amide bonds. The summed E-state index contributed by atoms with van der Waals surface area (Å²) in [6, 6.07) is 4.71. The van der Waals surface area contributed by atoms with Crippen LogP contribution in [-0.2, 0) is 19.4 Å². The summed E-state index contributed by atoms with van der Waals surface area (Å²) in [6.07, 6.45) is 2.09. The van der Waals surface area contributed by atoms with E-state index in [0.29, 0.717) is 6.42 Å². The average Bonchev–Trinajstić information content (AvgIpc) is 3.28. The predicted molar refractivity (Wildman–Crippen MR) is 83.6 cm³/mol. The van der Waals surface area contributed by atoms with Crippen molar-refractivity contribution in [1.29, 1.82) is 0 Å². The Morgan fingerprint density at radius 3 is 2.54 bits per heavy atom. The standard InChI is InChI=1S/C16H18FNO5S/c17-12-3-1-2-11(8-12)16(20)23-9-15(19)18(13-4-5-13)14-6-7-24(21,22)10-14/h1-3,8,13-14H,4-7,9-10H2/t14-/m0/s1. The molecule has 1 aliphatic carbocycles. The van der Waals surface area contributed by atoms with E-state index < -0.39 is 34.1 Å². The topological polar surface area (TPSA) is 80.8 Å². The predicted octanol–water partition coefficient (Wildman–Crippen LogP) is 1.16. The third-order valence-electron chi connectivity index (χ3n) is 4.22. The number of halogens is 1. The SMILES string of the molecule is O=C(OCC(=O)N(C1CC1)[C@H]1CCS(=O)(=O)C1)c1cccc(F)c1. The summed E-state index contributed by atoms with van der Waals surface area (Å²) >= 11 is 0. The molecule has 1 aromatic rings. The van der Waals surface area contributed by atoms with E-state index in [2.05, 4.69) is 0 Å². The van der Waals surface area contributed by atoms with Crippen molar-refractivity contribution in [3.8, 4) is 0 Å². The Kier molecular flexibility index (Phi) is 4.58. The Morgan fingerprint density at radius 2 is 1.96 bits per heavy atom. The monoisotopic (exact) mass is 355 g/mol. The number of sulfone groups is 1. The van der Waals surface area contributed by atoms with Crippen molar-refractivity contribution in [1.82, 2.24) is 4.90 Å². The molecule has 1 saturated heterocycles. The van der Waals surface area contributed by atoms with Crippen LogP contribution in [0.2, 0.25) is 0 Å².